The van der Waals surface area contributed by atoms with Crippen molar-refractivity contribution in [2.24, 2.45) is 0 Å². The molecule has 20 heavy (non-hydrogen) atoms. The van der Waals surface area contributed by atoms with Crippen LogP contribution in [0, 0.1) is 17.1 Å². The molecule has 2 aromatic rings. The fourth-order valence-corrected chi connectivity index (χ4v) is 2.14. The Morgan fingerprint density at radius 3 is 2.75 bits per heavy atom. The lowest BCUT2D eigenvalue weighted by Crippen LogP contribution is -2.01. The van der Waals surface area contributed by atoms with Crippen LogP contribution in [-0.2, 0) is 6.61 Å². The Hall–Kier alpha value is -2.06. The number of hydrogen-bond donors (Lipinski definition) is 0. The van der Waals surface area contributed by atoms with Crippen LogP contribution in [-0.4, -0.2) is 7.11 Å². The summed E-state index contributed by atoms with van der Waals surface area (Å²) >= 11 is 3.36. The molecule has 0 aromatic heterocycles. The van der Waals surface area contributed by atoms with Crippen molar-refractivity contribution >= 4 is 15.9 Å². The molecule has 0 N–H and O–H groups in total. The largest absolute Gasteiger partial charge is 0.493 e. The van der Waals surface area contributed by atoms with Gasteiger partial charge in [-0.1, -0.05) is 12.1 Å². The Balaban J connectivity index is 2.19. The van der Waals surface area contributed by atoms with E-state index >= 15 is 0 Å². The highest BCUT2D eigenvalue weighted by Crippen LogP contribution is 2.35. The number of methoxy groups -OCH3 is 1. The van der Waals surface area contributed by atoms with E-state index < -0.39 is 5.82 Å². The van der Waals surface area contributed by atoms with Crippen LogP contribution in [0.4, 0.5) is 4.39 Å². The summed E-state index contributed by atoms with van der Waals surface area (Å²) in [5.74, 6) is 0.613. The summed E-state index contributed by atoms with van der Waals surface area (Å²) in [5.41, 5.74) is 0.659. The number of rotatable bonds is 4. The van der Waals surface area contributed by atoms with Gasteiger partial charge >= 0.3 is 0 Å². The lowest BCUT2D eigenvalue weighted by Gasteiger charge is -2.12. The average Bonchev–Trinajstić information content (AvgIpc) is 2.46. The van der Waals surface area contributed by atoms with Crippen LogP contribution in [0.1, 0.15) is 11.1 Å². The maximum Gasteiger partial charge on any atom is 0.175 e. The molecule has 102 valence electrons. The van der Waals surface area contributed by atoms with Gasteiger partial charge in [-0.15, -0.1) is 0 Å². The van der Waals surface area contributed by atoms with Crippen LogP contribution < -0.4 is 9.47 Å². The second-order valence-corrected chi connectivity index (χ2v) is 4.83. The first kappa shape index (κ1) is 14.4. The minimum atomic E-state index is -0.463. The maximum absolute atomic E-state index is 13.7. The predicted molar refractivity (Wildman–Crippen MR) is 76.1 cm³/mol. The Bertz CT molecular complexity index is 667. The molecular weight excluding hydrogens is 325 g/mol. The van der Waals surface area contributed by atoms with E-state index in [-0.39, 0.29) is 12.2 Å². The minimum absolute atomic E-state index is 0.0521. The van der Waals surface area contributed by atoms with Crippen molar-refractivity contribution in [2.45, 2.75) is 6.61 Å². The Kier molecular flexibility index (Phi) is 4.59. The van der Waals surface area contributed by atoms with E-state index in [4.69, 9.17) is 14.7 Å². The fourth-order valence-electron chi connectivity index (χ4n) is 1.67. The van der Waals surface area contributed by atoms with Crippen LogP contribution in [0.25, 0.3) is 0 Å². The number of hydrogen-bond acceptors (Lipinski definition) is 3. The molecule has 0 atom stereocenters. The maximum atomic E-state index is 13.7. The summed E-state index contributed by atoms with van der Waals surface area (Å²) in [4.78, 5) is 0. The molecule has 0 amide bonds. The van der Waals surface area contributed by atoms with E-state index in [0.29, 0.717) is 17.1 Å². The van der Waals surface area contributed by atoms with Gasteiger partial charge in [-0.3, -0.25) is 0 Å². The van der Waals surface area contributed by atoms with Crippen LogP contribution in [0.3, 0.4) is 0 Å². The van der Waals surface area contributed by atoms with E-state index in [1.54, 1.807) is 12.1 Å². The topological polar surface area (TPSA) is 42.2 Å². The molecule has 0 heterocycles. The lowest BCUT2D eigenvalue weighted by atomic mass is 10.1. The van der Waals surface area contributed by atoms with E-state index in [2.05, 4.69) is 15.9 Å². The third-order valence-electron chi connectivity index (χ3n) is 2.70. The van der Waals surface area contributed by atoms with Crippen molar-refractivity contribution in [1.29, 1.82) is 5.26 Å². The summed E-state index contributed by atoms with van der Waals surface area (Å²) in [6.45, 7) is 0.0521. The molecule has 2 aromatic carbocycles. The fraction of sp³-hybridized carbons (Fsp3) is 0.133. The van der Waals surface area contributed by atoms with Gasteiger partial charge in [-0.25, -0.2) is 4.39 Å². The van der Waals surface area contributed by atoms with Gasteiger partial charge in [0.1, 0.15) is 12.4 Å². The van der Waals surface area contributed by atoms with Gasteiger partial charge in [0.25, 0.3) is 0 Å². The number of halogens is 2. The van der Waals surface area contributed by atoms with Crippen LogP contribution in [0.15, 0.2) is 40.9 Å². The van der Waals surface area contributed by atoms with Gasteiger partial charge in [0, 0.05) is 5.56 Å². The zero-order valence-corrected chi connectivity index (χ0v) is 12.3. The molecular formula is C15H11BrFNO2. The molecule has 0 aliphatic heterocycles. The van der Waals surface area contributed by atoms with Crippen molar-refractivity contribution in [1.82, 2.24) is 0 Å². The molecule has 2 rings (SSSR count). The smallest absolute Gasteiger partial charge is 0.175 e. The molecule has 3 nitrogen and oxygen atoms in total. The molecule has 0 spiro atoms. The SMILES string of the molecule is COc1cccc(Br)c1OCc1ccc(C#N)cc1F. The predicted octanol–water partition coefficient (Wildman–Crippen LogP) is 4.05. The molecule has 0 bridgehead atoms. The third-order valence-corrected chi connectivity index (χ3v) is 3.33. The van der Waals surface area contributed by atoms with Crippen LogP contribution in [0.5, 0.6) is 11.5 Å². The first-order valence-corrected chi connectivity index (χ1v) is 6.59. The van der Waals surface area contributed by atoms with E-state index in [0.717, 1.165) is 4.47 Å². The molecule has 0 saturated heterocycles. The summed E-state index contributed by atoms with van der Waals surface area (Å²) < 4.78 is 25.3. The third kappa shape index (κ3) is 3.09. The molecule has 5 heteroatoms. The number of ether oxygens (including phenoxy) is 2. The van der Waals surface area contributed by atoms with E-state index in [9.17, 15) is 4.39 Å². The Morgan fingerprint density at radius 1 is 1.30 bits per heavy atom. The summed E-state index contributed by atoms with van der Waals surface area (Å²) in [6.07, 6.45) is 0. The van der Waals surface area contributed by atoms with E-state index in [1.165, 1.54) is 19.2 Å². The standard InChI is InChI=1S/C15H11BrFNO2/c1-19-14-4-2-3-12(16)15(14)20-9-11-6-5-10(8-18)7-13(11)17/h2-7H,9H2,1H3. The van der Waals surface area contributed by atoms with Crippen LogP contribution in [0.2, 0.25) is 0 Å². The summed E-state index contributed by atoms with van der Waals surface area (Å²) in [7, 11) is 1.54. The van der Waals surface area contributed by atoms with Gasteiger partial charge < -0.3 is 9.47 Å². The number of nitriles is 1. The molecule has 0 aliphatic carbocycles. The van der Waals surface area contributed by atoms with Crippen LogP contribution >= 0.6 is 15.9 Å². The monoisotopic (exact) mass is 335 g/mol. The molecule has 0 saturated carbocycles. The zero-order valence-electron chi connectivity index (χ0n) is 10.7. The lowest BCUT2D eigenvalue weighted by molar-refractivity contribution is 0.278. The average molecular weight is 336 g/mol. The summed E-state index contributed by atoms with van der Waals surface area (Å²) in [5, 5.41) is 8.69. The summed E-state index contributed by atoms with van der Waals surface area (Å²) in [6, 6.07) is 11.6. The number of nitrogens with zero attached hydrogens (tertiary/aromatic N) is 1. The van der Waals surface area contributed by atoms with E-state index in [1.807, 2.05) is 18.2 Å². The highest BCUT2D eigenvalue weighted by atomic mass is 79.9. The molecule has 0 aliphatic rings. The molecule has 0 fully saturated rings. The quantitative estimate of drug-likeness (QED) is 0.846. The minimum Gasteiger partial charge on any atom is -0.493 e. The Morgan fingerprint density at radius 2 is 2.10 bits per heavy atom. The second-order valence-electron chi connectivity index (χ2n) is 3.98. The first-order chi connectivity index (χ1) is 9.65. The normalized spacial score (nSPS) is 9.90. The highest BCUT2D eigenvalue weighted by Gasteiger charge is 2.10. The zero-order chi connectivity index (χ0) is 14.5. The van der Waals surface area contributed by atoms with Gasteiger partial charge in [-0.2, -0.15) is 5.26 Å². The number of para-hydroxylation sites is 1. The van der Waals surface area contributed by atoms with Crippen molar-refractivity contribution in [3.05, 3.63) is 57.8 Å². The van der Waals surface area contributed by atoms with Gasteiger partial charge in [0.05, 0.1) is 23.2 Å². The first-order valence-electron chi connectivity index (χ1n) is 5.79. The van der Waals surface area contributed by atoms with Gasteiger partial charge in [0.2, 0.25) is 0 Å². The molecule has 0 radical (unpaired) electrons. The van der Waals surface area contributed by atoms with Crippen molar-refractivity contribution in [3.63, 3.8) is 0 Å². The second kappa shape index (κ2) is 6.40. The Labute approximate surface area is 124 Å². The van der Waals surface area contributed by atoms with Crippen molar-refractivity contribution in [2.75, 3.05) is 7.11 Å². The highest BCUT2D eigenvalue weighted by molar-refractivity contribution is 9.10. The van der Waals surface area contributed by atoms with Crippen molar-refractivity contribution < 1.29 is 13.9 Å². The van der Waals surface area contributed by atoms with Gasteiger partial charge in [0.15, 0.2) is 11.5 Å². The van der Waals surface area contributed by atoms with Crippen molar-refractivity contribution in [3.8, 4) is 17.6 Å². The molecule has 0 unspecified atom stereocenters. The van der Waals surface area contributed by atoms with Gasteiger partial charge in [-0.05, 0) is 40.2 Å². The number of benzene rings is 2.